The number of hydrogen-bond acceptors (Lipinski definition) is 5. The van der Waals surface area contributed by atoms with Crippen molar-refractivity contribution in [1.29, 1.82) is 0 Å². The van der Waals surface area contributed by atoms with E-state index >= 15 is 0 Å². The Bertz CT molecular complexity index is 775. The van der Waals surface area contributed by atoms with E-state index in [9.17, 15) is 13.5 Å². The van der Waals surface area contributed by atoms with Gasteiger partial charge in [0.2, 0.25) is 0 Å². The van der Waals surface area contributed by atoms with Crippen LogP contribution in [0.3, 0.4) is 0 Å². The van der Waals surface area contributed by atoms with E-state index < -0.39 is 15.4 Å². The van der Waals surface area contributed by atoms with Crippen LogP contribution < -0.4 is 5.32 Å². The lowest BCUT2D eigenvalue weighted by molar-refractivity contribution is 0.0699. The molecule has 2 N–H and O–H groups in total. The summed E-state index contributed by atoms with van der Waals surface area (Å²) in [5, 5.41) is 13.7. The Kier molecular flexibility index (Phi) is 4.35. The largest absolute Gasteiger partial charge is 0.466 e. The van der Waals surface area contributed by atoms with E-state index in [-0.39, 0.29) is 11.4 Å². The van der Waals surface area contributed by atoms with E-state index in [2.05, 4.69) is 5.32 Å². The van der Waals surface area contributed by atoms with Crippen molar-refractivity contribution in [1.82, 2.24) is 0 Å². The Balaban J connectivity index is 2.25. The molecule has 22 heavy (non-hydrogen) atoms. The van der Waals surface area contributed by atoms with Crippen molar-refractivity contribution >= 4 is 15.5 Å². The summed E-state index contributed by atoms with van der Waals surface area (Å²) < 4.78 is 29.0. The normalized spacial score (nSPS) is 14.6. The molecule has 1 unspecified atom stereocenters. The number of aryl methyl sites for hydroxylation is 2. The lowest BCUT2D eigenvalue weighted by Crippen LogP contribution is -2.31. The van der Waals surface area contributed by atoms with Crippen molar-refractivity contribution < 1.29 is 17.9 Å². The first kappa shape index (κ1) is 16.6. The van der Waals surface area contributed by atoms with Crippen molar-refractivity contribution in [3.8, 4) is 0 Å². The maximum atomic E-state index is 11.8. The molecule has 1 atom stereocenters. The van der Waals surface area contributed by atoms with E-state index in [0.29, 0.717) is 17.0 Å². The zero-order chi connectivity index (χ0) is 16.5. The fraction of sp³-hybridized carbons (Fsp3) is 0.375. The summed E-state index contributed by atoms with van der Waals surface area (Å²) in [7, 11) is -3.33. The van der Waals surface area contributed by atoms with Crippen LogP contribution in [0.2, 0.25) is 0 Å². The molecule has 1 heterocycles. The first-order valence-corrected chi connectivity index (χ1v) is 8.83. The van der Waals surface area contributed by atoms with Gasteiger partial charge in [-0.1, -0.05) is 12.1 Å². The second kappa shape index (κ2) is 5.78. The molecule has 0 bridgehead atoms. The minimum atomic E-state index is -3.33. The van der Waals surface area contributed by atoms with Crippen molar-refractivity contribution in [2.24, 2.45) is 0 Å². The van der Waals surface area contributed by atoms with Crippen LogP contribution in [0.4, 0.5) is 5.69 Å². The lowest BCUT2D eigenvalue weighted by Gasteiger charge is -2.24. The van der Waals surface area contributed by atoms with Crippen LogP contribution in [0.15, 0.2) is 39.6 Å². The highest BCUT2D eigenvalue weighted by Gasteiger charge is 2.28. The molecule has 2 rings (SSSR count). The molecule has 6 heteroatoms. The molecule has 0 fully saturated rings. The van der Waals surface area contributed by atoms with Gasteiger partial charge in [0.25, 0.3) is 0 Å². The topological polar surface area (TPSA) is 79.5 Å². The van der Waals surface area contributed by atoms with Gasteiger partial charge in [0.1, 0.15) is 17.1 Å². The zero-order valence-corrected chi connectivity index (χ0v) is 14.0. The van der Waals surface area contributed by atoms with Crippen LogP contribution in [0.25, 0.3) is 0 Å². The molecule has 0 amide bonds. The molecule has 0 aliphatic rings. The van der Waals surface area contributed by atoms with Gasteiger partial charge in [0.05, 0.1) is 10.6 Å². The molecule has 120 valence electrons. The fourth-order valence-electron chi connectivity index (χ4n) is 2.46. The third-order valence-electron chi connectivity index (χ3n) is 3.53. The Morgan fingerprint density at radius 1 is 1.27 bits per heavy atom. The molecule has 1 aromatic carbocycles. The third-order valence-corrected chi connectivity index (χ3v) is 4.69. The maximum Gasteiger partial charge on any atom is 0.177 e. The predicted octanol–water partition coefficient (Wildman–Crippen LogP) is 2.62. The summed E-state index contributed by atoms with van der Waals surface area (Å²) in [5.41, 5.74) is -0.00981. The minimum absolute atomic E-state index is 0.166. The Hall–Kier alpha value is -1.79. The van der Waals surface area contributed by atoms with E-state index in [4.69, 9.17) is 4.42 Å². The van der Waals surface area contributed by atoms with Gasteiger partial charge in [-0.05, 0) is 39.0 Å². The first-order chi connectivity index (χ1) is 10.1. The third kappa shape index (κ3) is 3.51. The second-order valence-corrected chi connectivity index (χ2v) is 7.71. The fourth-order valence-corrected chi connectivity index (χ4v) is 3.33. The van der Waals surface area contributed by atoms with Gasteiger partial charge >= 0.3 is 0 Å². The number of para-hydroxylation sites is 1. The summed E-state index contributed by atoms with van der Waals surface area (Å²) in [6.45, 7) is 5.44. The molecule has 2 aromatic rings. The number of aliphatic hydroxyl groups is 1. The Morgan fingerprint density at radius 3 is 2.45 bits per heavy atom. The Morgan fingerprint density at radius 2 is 1.91 bits per heavy atom. The SMILES string of the molecule is Cc1cc(C(C)(O)CNc2ccccc2S(C)(=O)=O)c(C)o1. The van der Waals surface area contributed by atoms with Crippen LogP contribution in [-0.2, 0) is 15.4 Å². The van der Waals surface area contributed by atoms with Gasteiger partial charge in [-0.3, -0.25) is 0 Å². The number of furan rings is 1. The molecule has 1 aromatic heterocycles. The monoisotopic (exact) mass is 323 g/mol. The van der Waals surface area contributed by atoms with Crippen molar-refractivity contribution in [2.45, 2.75) is 31.3 Å². The summed E-state index contributed by atoms with van der Waals surface area (Å²) in [5.74, 6) is 1.38. The standard InChI is InChI=1S/C16H21NO4S/c1-11-9-13(12(2)21-11)16(3,18)10-17-14-7-5-6-8-15(14)22(4,19)20/h5-9,17-18H,10H2,1-4H3. The van der Waals surface area contributed by atoms with E-state index in [1.165, 1.54) is 0 Å². The minimum Gasteiger partial charge on any atom is -0.466 e. The molecular weight excluding hydrogens is 302 g/mol. The van der Waals surface area contributed by atoms with Crippen LogP contribution >= 0.6 is 0 Å². The molecule has 0 aliphatic heterocycles. The number of rotatable bonds is 5. The predicted molar refractivity (Wildman–Crippen MR) is 85.8 cm³/mol. The number of anilines is 1. The van der Waals surface area contributed by atoms with E-state index in [1.54, 1.807) is 44.2 Å². The van der Waals surface area contributed by atoms with Crippen molar-refractivity contribution in [3.05, 3.63) is 47.4 Å². The number of nitrogens with one attached hydrogen (secondary N) is 1. The quantitative estimate of drug-likeness (QED) is 0.884. The lowest BCUT2D eigenvalue weighted by atomic mass is 9.96. The van der Waals surface area contributed by atoms with Gasteiger partial charge in [0, 0.05) is 18.4 Å². The van der Waals surface area contributed by atoms with Crippen LogP contribution in [0.1, 0.15) is 24.0 Å². The van der Waals surface area contributed by atoms with Gasteiger partial charge in [-0.2, -0.15) is 0 Å². The van der Waals surface area contributed by atoms with E-state index in [1.807, 2.05) is 6.92 Å². The molecule has 5 nitrogen and oxygen atoms in total. The van der Waals surface area contributed by atoms with Crippen molar-refractivity contribution in [3.63, 3.8) is 0 Å². The molecular formula is C16H21NO4S. The maximum absolute atomic E-state index is 11.8. The summed E-state index contributed by atoms with van der Waals surface area (Å²) in [6.07, 6.45) is 1.16. The molecule has 0 radical (unpaired) electrons. The Labute approximate surface area is 130 Å². The van der Waals surface area contributed by atoms with Gasteiger partial charge in [0.15, 0.2) is 9.84 Å². The summed E-state index contributed by atoms with van der Waals surface area (Å²) in [6, 6.07) is 8.43. The summed E-state index contributed by atoms with van der Waals surface area (Å²) >= 11 is 0. The van der Waals surface area contributed by atoms with Crippen LogP contribution in [-0.4, -0.2) is 26.3 Å². The number of hydrogen-bond donors (Lipinski definition) is 2. The van der Waals surface area contributed by atoms with Gasteiger partial charge < -0.3 is 14.8 Å². The molecule has 0 saturated carbocycles. The second-order valence-electron chi connectivity index (χ2n) is 5.72. The van der Waals surface area contributed by atoms with Gasteiger partial charge in [-0.25, -0.2) is 8.42 Å². The molecule has 0 aliphatic carbocycles. The van der Waals surface area contributed by atoms with Crippen LogP contribution in [0.5, 0.6) is 0 Å². The highest BCUT2D eigenvalue weighted by molar-refractivity contribution is 7.90. The van der Waals surface area contributed by atoms with Crippen LogP contribution in [0, 0.1) is 13.8 Å². The molecule has 0 spiro atoms. The smallest absolute Gasteiger partial charge is 0.177 e. The highest BCUT2D eigenvalue weighted by atomic mass is 32.2. The number of benzene rings is 1. The first-order valence-electron chi connectivity index (χ1n) is 6.94. The number of sulfone groups is 1. The average molecular weight is 323 g/mol. The molecule has 0 saturated heterocycles. The van der Waals surface area contributed by atoms with Crippen molar-refractivity contribution in [2.75, 3.05) is 18.1 Å². The summed E-state index contributed by atoms with van der Waals surface area (Å²) in [4.78, 5) is 0.214. The average Bonchev–Trinajstić information content (AvgIpc) is 2.76. The zero-order valence-electron chi connectivity index (χ0n) is 13.2. The highest BCUT2D eigenvalue weighted by Crippen LogP contribution is 2.28. The van der Waals surface area contributed by atoms with E-state index in [0.717, 1.165) is 12.0 Å². The van der Waals surface area contributed by atoms with Gasteiger partial charge in [-0.15, -0.1) is 0 Å².